The van der Waals surface area contributed by atoms with E-state index in [-0.39, 0.29) is 30.6 Å². The number of hydroxylamine groups is 2. The van der Waals surface area contributed by atoms with Crippen molar-refractivity contribution in [3.05, 3.63) is 77.0 Å². The van der Waals surface area contributed by atoms with Gasteiger partial charge in [-0.15, -0.1) is 5.10 Å². The van der Waals surface area contributed by atoms with E-state index >= 15 is 0 Å². The minimum absolute atomic E-state index is 0.0279. The molecule has 5 rings (SSSR count). The molecule has 2 fully saturated rings. The van der Waals surface area contributed by atoms with Crippen LogP contribution >= 0.6 is 0 Å². The van der Waals surface area contributed by atoms with Crippen molar-refractivity contribution < 1.29 is 23.1 Å². The molecule has 2 atom stereocenters. The summed E-state index contributed by atoms with van der Waals surface area (Å²) in [5, 5.41) is 6.58. The fourth-order valence-electron chi connectivity index (χ4n) is 5.47. The number of nitrogens with zero attached hydrogens (tertiary/aromatic N) is 4. The highest BCUT2D eigenvalue weighted by molar-refractivity contribution is 5.81. The van der Waals surface area contributed by atoms with Crippen LogP contribution in [0, 0.1) is 24.5 Å². The van der Waals surface area contributed by atoms with Crippen molar-refractivity contribution >= 4 is 5.78 Å². The van der Waals surface area contributed by atoms with Crippen LogP contribution in [0.5, 0.6) is 5.88 Å². The van der Waals surface area contributed by atoms with E-state index < -0.39 is 17.7 Å². The van der Waals surface area contributed by atoms with Crippen LogP contribution in [0.4, 0.5) is 8.78 Å². The third-order valence-corrected chi connectivity index (χ3v) is 7.75. The molecular formula is C30H36F2N4O3. The van der Waals surface area contributed by atoms with Gasteiger partial charge in [0, 0.05) is 50.5 Å². The summed E-state index contributed by atoms with van der Waals surface area (Å²) in [5.74, 6) is -1.42. The van der Waals surface area contributed by atoms with Crippen LogP contribution in [-0.2, 0) is 16.1 Å². The van der Waals surface area contributed by atoms with E-state index in [2.05, 4.69) is 11.9 Å². The lowest BCUT2D eigenvalue weighted by Gasteiger charge is -2.28. The summed E-state index contributed by atoms with van der Waals surface area (Å²) in [5.41, 5.74) is 3.05. The second-order valence-electron chi connectivity index (χ2n) is 10.6. The van der Waals surface area contributed by atoms with Gasteiger partial charge in [-0.2, -0.15) is 5.06 Å². The third-order valence-electron chi connectivity index (χ3n) is 7.75. The zero-order valence-electron chi connectivity index (χ0n) is 22.8. The number of benzene rings is 2. The molecule has 0 radical (unpaired) electrons. The Labute approximate surface area is 228 Å². The maximum Gasteiger partial charge on any atom is 0.236 e. The number of likely N-dealkylation sites (tertiary alicyclic amines) is 1. The number of ketones is 1. The predicted octanol–water partition coefficient (Wildman–Crippen LogP) is 5.06. The Bertz CT molecular complexity index is 1290. The van der Waals surface area contributed by atoms with Gasteiger partial charge in [-0.05, 0) is 56.6 Å². The van der Waals surface area contributed by atoms with Crippen LogP contribution in [0.2, 0.25) is 0 Å². The summed E-state index contributed by atoms with van der Waals surface area (Å²) in [6, 6.07) is 13.5. The second-order valence-corrected chi connectivity index (χ2v) is 10.6. The van der Waals surface area contributed by atoms with E-state index in [0.29, 0.717) is 24.5 Å². The van der Waals surface area contributed by atoms with Gasteiger partial charge in [0.2, 0.25) is 5.88 Å². The zero-order chi connectivity index (χ0) is 27.5. The third kappa shape index (κ3) is 6.21. The number of para-hydroxylation sites is 1. The van der Waals surface area contributed by atoms with Crippen LogP contribution < -0.4 is 4.74 Å². The molecule has 0 bridgehead atoms. The predicted molar refractivity (Wildman–Crippen MR) is 144 cm³/mol. The van der Waals surface area contributed by atoms with Gasteiger partial charge in [-0.25, -0.2) is 13.5 Å². The largest absolute Gasteiger partial charge is 0.473 e. The second kappa shape index (κ2) is 11.9. The minimum Gasteiger partial charge on any atom is -0.473 e. The van der Waals surface area contributed by atoms with E-state index in [9.17, 15) is 13.6 Å². The van der Waals surface area contributed by atoms with E-state index in [1.807, 2.05) is 48.9 Å². The van der Waals surface area contributed by atoms with Gasteiger partial charge in [0.05, 0.1) is 11.4 Å². The Balaban J connectivity index is 1.37. The van der Waals surface area contributed by atoms with E-state index in [4.69, 9.17) is 14.7 Å². The van der Waals surface area contributed by atoms with Crippen molar-refractivity contribution in [2.75, 3.05) is 33.2 Å². The van der Waals surface area contributed by atoms with Crippen LogP contribution in [-0.4, -0.2) is 64.9 Å². The van der Waals surface area contributed by atoms with Crippen LogP contribution in [0.25, 0.3) is 5.69 Å². The number of hydrogen-bond acceptors (Lipinski definition) is 6. The lowest BCUT2D eigenvalue weighted by molar-refractivity contribution is -0.146. The molecule has 208 valence electrons. The summed E-state index contributed by atoms with van der Waals surface area (Å²) in [6.07, 6.45) is 1.86. The van der Waals surface area contributed by atoms with E-state index in [0.717, 1.165) is 55.0 Å². The molecule has 2 saturated heterocycles. The van der Waals surface area contributed by atoms with Crippen molar-refractivity contribution in [1.82, 2.24) is 19.7 Å². The smallest absolute Gasteiger partial charge is 0.236 e. The summed E-state index contributed by atoms with van der Waals surface area (Å²) >= 11 is 0. The first-order chi connectivity index (χ1) is 18.8. The van der Waals surface area contributed by atoms with Crippen LogP contribution in [0.1, 0.15) is 49.1 Å². The first kappa shape index (κ1) is 27.4. The highest BCUT2D eigenvalue weighted by Gasteiger charge is 2.37. The fraction of sp³-hybridized carbons (Fsp3) is 0.467. The SMILES string of the molecule is CCN1C[C@@H](CC(=O)Cc2c(C)c(OC3CCN(C)CC3)nn2-c2ccccc2)[C@H](c2ccc(F)c(F)c2)O1. The molecule has 1 aromatic heterocycles. The molecule has 2 aliphatic rings. The molecule has 0 spiro atoms. The molecule has 3 aromatic rings. The van der Waals surface area contributed by atoms with Gasteiger partial charge >= 0.3 is 0 Å². The summed E-state index contributed by atoms with van der Waals surface area (Å²) < 4.78 is 35.7. The Kier molecular flexibility index (Phi) is 8.40. The highest BCUT2D eigenvalue weighted by atomic mass is 19.2. The number of aromatic nitrogens is 2. The summed E-state index contributed by atoms with van der Waals surface area (Å²) in [6.45, 7) is 7.04. The number of hydrogen-bond donors (Lipinski definition) is 0. The lowest BCUT2D eigenvalue weighted by Crippen LogP contribution is -2.35. The number of piperidine rings is 1. The first-order valence-electron chi connectivity index (χ1n) is 13.7. The molecular weight excluding hydrogens is 502 g/mol. The molecule has 3 heterocycles. The highest BCUT2D eigenvalue weighted by Crippen LogP contribution is 2.37. The van der Waals surface area contributed by atoms with Gasteiger partial charge in [-0.1, -0.05) is 31.2 Å². The number of ether oxygens (including phenoxy) is 1. The number of rotatable bonds is 9. The maximum atomic E-state index is 14.0. The van der Waals surface area contributed by atoms with E-state index in [1.165, 1.54) is 6.07 Å². The topological polar surface area (TPSA) is 59.8 Å². The number of carbonyl (C=O) groups excluding carboxylic acids is 1. The maximum absolute atomic E-state index is 14.0. The molecule has 9 heteroatoms. The van der Waals surface area contributed by atoms with Gasteiger partial charge in [-0.3, -0.25) is 9.63 Å². The average Bonchev–Trinajstić information content (AvgIpc) is 3.48. The molecule has 0 unspecified atom stereocenters. The van der Waals surface area contributed by atoms with Gasteiger partial charge < -0.3 is 9.64 Å². The van der Waals surface area contributed by atoms with Crippen molar-refractivity contribution in [1.29, 1.82) is 0 Å². The Hall–Kier alpha value is -3.14. The van der Waals surface area contributed by atoms with Crippen molar-refractivity contribution in [2.24, 2.45) is 5.92 Å². The summed E-state index contributed by atoms with van der Waals surface area (Å²) in [7, 11) is 2.11. The standard InChI is InChI=1S/C30H36F2N4O3/c1-4-35-19-22(29(39-35)21-10-11-26(31)27(32)17-21)16-24(37)18-28-20(2)30(38-25-12-14-34(3)15-13-25)33-36(28)23-8-6-5-7-9-23/h5-11,17,22,25,29H,4,12-16,18-19H2,1-3H3/t22-,29+/m1/s1. The van der Waals surface area contributed by atoms with Crippen molar-refractivity contribution in [3.8, 4) is 11.6 Å². The van der Waals surface area contributed by atoms with Gasteiger partial charge in [0.1, 0.15) is 18.0 Å². The Morgan fingerprint density at radius 2 is 1.85 bits per heavy atom. The minimum atomic E-state index is -0.921. The quantitative estimate of drug-likeness (QED) is 0.380. The summed E-state index contributed by atoms with van der Waals surface area (Å²) in [4.78, 5) is 21.8. The first-order valence-corrected chi connectivity index (χ1v) is 13.7. The van der Waals surface area contributed by atoms with Crippen molar-refractivity contribution in [2.45, 2.75) is 51.7 Å². The molecule has 2 aromatic carbocycles. The zero-order valence-corrected chi connectivity index (χ0v) is 22.8. The van der Waals surface area contributed by atoms with Gasteiger partial charge in [0.15, 0.2) is 11.6 Å². The number of halogens is 2. The molecule has 0 N–H and O–H groups in total. The lowest BCUT2D eigenvalue weighted by atomic mass is 9.90. The Morgan fingerprint density at radius 1 is 1.10 bits per heavy atom. The Morgan fingerprint density at radius 3 is 2.54 bits per heavy atom. The molecule has 2 aliphatic heterocycles. The molecule has 7 nitrogen and oxygen atoms in total. The number of carbonyl (C=O) groups is 1. The molecule has 39 heavy (non-hydrogen) atoms. The van der Waals surface area contributed by atoms with Crippen molar-refractivity contribution in [3.63, 3.8) is 0 Å². The average molecular weight is 539 g/mol. The molecule has 0 saturated carbocycles. The van der Waals surface area contributed by atoms with Crippen LogP contribution in [0.15, 0.2) is 48.5 Å². The fourth-order valence-corrected chi connectivity index (χ4v) is 5.47. The monoisotopic (exact) mass is 538 g/mol. The van der Waals surface area contributed by atoms with Crippen LogP contribution in [0.3, 0.4) is 0 Å². The molecule has 0 aliphatic carbocycles. The normalized spacial score (nSPS) is 20.9. The van der Waals surface area contributed by atoms with Gasteiger partial charge in [0.25, 0.3) is 0 Å². The molecule has 0 amide bonds. The number of Topliss-reactive ketones (excluding diaryl/α,β-unsaturated/α-hetero) is 1. The van der Waals surface area contributed by atoms with E-state index in [1.54, 1.807) is 5.06 Å².